The Bertz CT molecular complexity index is 2510. The van der Waals surface area contributed by atoms with E-state index in [1.807, 2.05) is 42.5 Å². The number of benzene rings is 5. The van der Waals surface area contributed by atoms with Crippen LogP contribution in [-0.2, 0) is 25.4 Å². The molecule has 3 N–H and O–H groups in total. The van der Waals surface area contributed by atoms with Crippen molar-refractivity contribution in [2.24, 2.45) is 11.8 Å². The summed E-state index contributed by atoms with van der Waals surface area (Å²) in [4.78, 5) is 19.3. The molecule has 5 aromatic carbocycles. The van der Waals surface area contributed by atoms with Gasteiger partial charge in [0.2, 0.25) is 5.69 Å². The number of hydrogen-bond acceptors (Lipinski definition) is 10. The number of anilines is 1. The van der Waals surface area contributed by atoms with Gasteiger partial charge in [-0.15, -0.1) is 11.8 Å². The third kappa shape index (κ3) is 13.5. The van der Waals surface area contributed by atoms with Crippen LogP contribution in [0.25, 0.3) is 11.1 Å². The molecule has 0 saturated carbocycles. The van der Waals surface area contributed by atoms with Gasteiger partial charge in [0.1, 0.15) is 5.75 Å². The topological polar surface area (TPSA) is 121 Å². The summed E-state index contributed by atoms with van der Waals surface area (Å²) in [6.07, 6.45) is 3.14. The van der Waals surface area contributed by atoms with E-state index in [2.05, 4.69) is 92.2 Å². The molecule has 14 heteroatoms. The van der Waals surface area contributed by atoms with Crippen molar-refractivity contribution in [3.8, 4) is 11.1 Å². The molecular weight excluding hydrogens is 918 g/mol. The minimum Gasteiger partial charge on any atom is -0.410 e. The highest BCUT2D eigenvalue weighted by atomic mass is 35.5. The summed E-state index contributed by atoms with van der Waals surface area (Å²) in [5, 5.41) is 20.7. The van der Waals surface area contributed by atoms with Gasteiger partial charge in [-0.05, 0) is 139 Å². The maximum Gasteiger partial charge on any atom is 0.201 e. The Labute approximate surface area is 408 Å². The monoisotopic (exact) mass is 984 g/mol. The van der Waals surface area contributed by atoms with Crippen molar-refractivity contribution in [2.45, 2.75) is 80.5 Å². The predicted octanol–water partition coefficient (Wildman–Crippen LogP) is 10.6. The molecule has 10 nitrogen and oxygen atoms in total. The maximum absolute atomic E-state index is 13.8. The number of halogens is 1. The Morgan fingerprint density at radius 3 is 2.19 bits per heavy atom. The zero-order chi connectivity index (χ0) is 47.8. The number of quaternary nitrogens is 1. The fraction of sp³-hybridized carbons (Fsp3) is 0.415. The van der Waals surface area contributed by atoms with Gasteiger partial charge in [0.25, 0.3) is 0 Å². The van der Waals surface area contributed by atoms with Crippen LogP contribution < -0.4 is 10.1 Å². The lowest BCUT2D eigenvalue weighted by Crippen LogP contribution is -3.02. The number of thioether (sulfide) groups is 1. The molecule has 0 bridgehead atoms. The molecule has 7 rings (SSSR count). The number of rotatable bonds is 19. The number of nitrogens with zero attached hydrogens (tertiary/aromatic N) is 2. The second-order valence-corrected chi connectivity index (χ2v) is 27.8. The average Bonchev–Trinajstić information content (AvgIpc) is 3.32. The molecule has 0 aromatic heterocycles. The van der Waals surface area contributed by atoms with E-state index in [0.29, 0.717) is 35.8 Å². The summed E-state index contributed by atoms with van der Waals surface area (Å²) >= 11 is 8.04. The van der Waals surface area contributed by atoms with Crippen LogP contribution >= 0.6 is 23.4 Å². The molecular formula is C53H67ClN3O7S2Si+. The predicted molar refractivity (Wildman–Crippen MR) is 273 cm³/mol. The second kappa shape index (κ2) is 22.7. The summed E-state index contributed by atoms with van der Waals surface area (Å²) in [5.41, 5.74) is 5.44. The number of ketones is 1. The Morgan fingerprint density at radius 1 is 0.881 bits per heavy atom. The van der Waals surface area contributed by atoms with E-state index in [0.717, 1.165) is 79.4 Å². The number of piperidine rings is 1. The van der Waals surface area contributed by atoms with E-state index >= 15 is 0 Å². The van der Waals surface area contributed by atoms with Crippen molar-refractivity contribution in [2.75, 3.05) is 62.3 Å². The first-order chi connectivity index (χ1) is 32.0. The molecule has 67 heavy (non-hydrogen) atoms. The molecule has 0 unspecified atom stereocenters. The molecule has 358 valence electrons. The molecule has 0 radical (unpaired) electrons. The highest BCUT2D eigenvalue weighted by molar-refractivity contribution is 7.99. The van der Waals surface area contributed by atoms with Gasteiger partial charge in [-0.25, -0.2) is 8.42 Å². The van der Waals surface area contributed by atoms with Crippen LogP contribution in [0.1, 0.15) is 67.6 Å². The molecule has 0 amide bonds. The van der Waals surface area contributed by atoms with Crippen molar-refractivity contribution in [3.63, 3.8) is 0 Å². The summed E-state index contributed by atoms with van der Waals surface area (Å²) in [6, 6.07) is 38.4. The smallest absolute Gasteiger partial charge is 0.201 e. The van der Waals surface area contributed by atoms with Gasteiger partial charge in [0.05, 0.1) is 24.2 Å². The van der Waals surface area contributed by atoms with Crippen LogP contribution in [0.5, 0.6) is 0 Å². The van der Waals surface area contributed by atoms with Gasteiger partial charge in [-0.1, -0.05) is 93.0 Å². The Hall–Kier alpha value is -3.86. The normalized spacial score (nSPS) is 16.6. The lowest BCUT2D eigenvalue weighted by atomic mass is 9.84. The third-order valence-corrected chi connectivity index (χ3v) is 21.4. The number of Topliss-reactive ketones (excluding diaryl/α,β-unsaturated/α-hetero) is 1. The highest BCUT2D eigenvalue weighted by Crippen LogP contribution is 2.46. The number of nitrogens with one attached hydrogen (secondary N) is 1. The van der Waals surface area contributed by atoms with Crippen molar-refractivity contribution < 1.29 is 38.0 Å². The van der Waals surface area contributed by atoms with Gasteiger partial charge in [-0.3, -0.25) is 9.69 Å². The summed E-state index contributed by atoms with van der Waals surface area (Å²) in [7, 11) is -6.31. The van der Waals surface area contributed by atoms with E-state index < -0.39 is 34.9 Å². The number of sulfone groups is 1. The fourth-order valence-corrected chi connectivity index (χ4v) is 12.6. The summed E-state index contributed by atoms with van der Waals surface area (Å²) in [5.74, 6) is -0.0131. The van der Waals surface area contributed by atoms with Gasteiger partial charge in [0.15, 0.2) is 23.9 Å². The Kier molecular flexibility index (Phi) is 17.3. The van der Waals surface area contributed by atoms with Crippen LogP contribution in [0.4, 0.5) is 11.4 Å². The average molecular weight is 986 g/mol. The minimum absolute atomic E-state index is 0.0315. The third-order valence-electron chi connectivity index (χ3n) is 13.9. The quantitative estimate of drug-likeness (QED) is 0.0319. The molecule has 0 spiro atoms. The zero-order valence-electron chi connectivity index (χ0n) is 39.5. The molecule has 2 fully saturated rings. The van der Waals surface area contributed by atoms with Gasteiger partial charge >= 0.3 is 0 Å². The largest absolute Gasteiger partial charge is 0.410 e. The van der Waals surface area contributed by atoms with Crippen LogP contribution in [0.2, 0.25) is 23.2 Å². The molecule has 2 heterocycles. The zero-order valence-corrected chi connectivity index (χ0v) is 42.9. The van der Waals surface area contributed by atoms with Crippen molar-refractivity contribution in [1.29, 1.82) is 0 Å². The lowest BCUT2D eigenvalue weighted by Gasteiger charge is -2.44. The van der Waals surface area contributed by atoms with Crippen LogP contribution in [0, 0.1) is 11.8 Å². The fourth-order valence-electron chi connectivity index (χ4n) is 8.81. The van der Waals surface area contributed by atoms with Crippen molar-refractivity contribution in [3.05, 3.63) is 143 Å². The number of hydrogen-bond donors (Lipinski definition) is 3. The number of morpholine rings is 1. The first kappa shape index (κ1) is 51.0. The van der Waals surface area contributed by atoms with Gasteiger partial charge in [-0.2, -0.15) is 10.4 Å². The minimum atomic E-state index is -4.13. The second-order valence-electron chi connectivity index (χ2n) is 19.5. The maximum atomic E-state index is 13.8. The highest BCUT2D eigenvalue weighted by Gasteiger charge is 2.42. The molecule has 2 aliphatic heterocycles. The molecule has 2 saturated heterocycles. The Morgan fingerprint density at radius 2 is 1.54 bits per heavy atom. The van der Waals surface area contributed by atoms with Crippen LogP contribution in [-0.4, -0.2) is 95.3 Å². The van der Waals surface area contributed by atoms with E-state index in [9.17, 15) is 23.6 Å². The van der Waals surface area contributed by atoms with E-state index in [1.165, 1.54) is 17.7 Å². The summed E-state index contributed by atoms with van der Waals surface area (Å²) in [6.45, 7) is 17.1. The molecule has 5 aromatic rings. The first-order valence-corrected chi connectivity index (χ1v) is 29.4. The lowest BCUT2D eigenvalue weighted by molar-refractivity contribution is -1.19. The molecule has 2 aliphatic rings. The SMILES string of the molecule is CC(C)(C)[Si](C)(C)O[C@@H](c1ccccc1-c1ccc(Cl)cc1)C1CCN(c2ccc(C(=O)CS(=O)(=O)c3ccc(C[C@H](CCN4CCOCC4)CSc4ccccc4)c([NH+](O)O)c3)cc2)CC1. The van der Waals surface area contributed by atoms with E-state index in [4.69, 9.17) is 20.8 Å². The Balaban J connectivity index is 1.01. The first-order valence-electron chi connectivity index (χ1n) is 23.5. The molecule has 0 aliphatic carbocycles. The number of carbonyl (C=O) groups excluding carboxylic acids is 1. The van der Waals surface area contributed by atoms with Gasteiger partial charge in [0, 0.05) is 64.7 Å². The van der Waals surface area contributed by atoms with E-state index in [1.54, 1.807) is 30.0 Å². The number of carbonyl (C=O) groups is 1. The van der Waals surface area contributed by atoms with Crippen LogP contribution in [0.15, 0.2) is 131 Å². The van der Waals surface area contributed by atoms with Crippen LogP contribution in [0.3, 0.4) is 0 Å². The number of ether oxygens (including phenoxy) is 1. The van der Waals surface area contributed by atoms with Crippen molar-refractivity contribution >= 4 is 58.7 Å². The van der Waals surface area contributed by atoms with Crippen molar-refractivity contribution in [1.82, 2.24) is 4.90 Å². The standard InChI is InChI=1S/C53H66ClN3O7S2Si/c1-53(2,3)67(4,5)64-52(49-14-10-9-13-48(49)40-15-20-44(54)21-16-40)42-26-29-56(30-27-42)45-22-17-41(18-23-45)51(58)38-66(61,62)47-24-19-43(50(36-47)57(59)60)35-39(25-28-55-31-33-63-34-32-55)37-65-46-11-7-6-8-12-46/h6-24,36,39,42,52,59-60H,25-35,37-38H2,1-5H3/p+1/t39-,52+/m0/s1. The van der Waals surface area contributed by atoms with Gasteiger partial charge < -0.3 is 14.1 Å². The molecule has 2 atom stereocenters. The summed E-state index contributed by atoms with van der Waals surface area (Å²) < 4.78 is 40.4. The van der Waals surface area contributed by atoms with E-state index in [-0.39, 0.29) is 33.6 Å².